The first-order valence-electron chi connectivity index (χ1n) is 21.0. The number of rotatable bonds is 5. The summed E-state index contributed by atoms with van der Waals surface area (Å²) in [7, 11) is 1.56. The highest BCUT2D eigenvalue weighted by Gasteiger charge is 2.97. The van der Waals surface area contributed by atoms with Crippen molar-refractivity contribution in [3.05, 3.63) is 163 Å². The zero-order chi connectivity index (χ0) is 34.3. The van der Waals surface area contributed by atoms with Gasteiger partial charge in [0.1, 0.15) is 0 Å². The minimum atomic E-state index is -0.142. The molecule has 3 aromatic rings. The highest BCUT2D eigenvalue weighted by atomic mass is 16.5. The molecule has 2 fully saturated rings. The molecule has 2 saturated carbocycles. The Labute approximate surface area is 313 Å². The molecule has 0 heterocycles. The van der Waals surface area contributed by atoms with Crippen LogP contribution in [0.5, 0.6) is 0 Å². The molecule has 0 saturated heterocycles. The molecule has 2 nitrogen and oxygen atoms in total. The van der Waals surface area contributed by atoms with Crippen molar-refractivity contribution >= 4 is 28.3 Å². The number of benzene rings is 3. The first-order chi connectivity index (χ1) is 26.7. The van der Waals surface area contributed by atoms with Gasteiger partial charge in [-0.1, -0.05) is 85.0 Å². The van der Waals surface area contributed by atoms with Crippen molar-refractivity contribution in [3.8, 4) is 11.1 Å². The summed E-state index contributed by atoms with van der Waals surface area (Å²) in [5, 5.41) is 0. The van der Waals surface area contributed by atoms with Crippen LogP contribution in [0.4, 0.5) is 0 Å². The molecule has 54 heavy (non-hydrogen) atoms. The van der Waals surface area contributed by atoms with Gasteiger partial charge in [-0.25, -0.2) is 0 Å². The average molecular weight is 691 g/mol. The summed E-state index contributed by atoms with van der Waals surface area (Å²) >= 11 is 0. The fraction of sp³-hybridized carbons (Fsp3) is 0.327. The van der Waals surface area contributed by atoms with Gasteiger partial charge in [0.2, 0.25) is 0 Å². The predicted octanol–water partition coefficient (Wildman–Crippen LogP) is 10.1. The lowest BCUT2D eigenvalue weighted by molar-refractivity contribution is -0.140. The van der Waals surface area contributed by atoms with Crippen LogP contribution in [-0.2, 0) is 20.4 Å². The number of fused-ring (bicyclic) bond motifs is 3. The van der Waals surface area contributed by atoms with Crippen LogP contribution in [-0.4, -0.2) is 13.1 Å². The summed E-state index contributed by atoms with van der Waals surface area (Å²) < 4.78 is 5.32. The maximum Gasteiger partial charge on any atom is 0.305 e. The van der Waals surface area contributed by atoms with E-state index in [1.54, 1.807) is 107 Å². The molecule has 15 aliphatic carbocycles. The van der Waals surface area contributed by atoms with Gasteiger partial charge in [0.15, 0.2) is 0 Å². The maximum absolute atomic E-state index is 13.0. The Morgan fingerprint density at radius 3 is 2.59 bits per heavy atom. The minimum Gasteiger partial charge on any atom is -0.469 e. The van der Waals surface area contributed by atoms with E-state index in [0.29, 0.717) is 59.7 Å². The van der Waals surface area contributed by atoms with Crippen LogP contribution in [0.1, 0.15) is 111 Å². The van der Waals surface area contributed by atoms with E-state index in [-0.39, 0.29) is 22.2 Å². The van der Waals surface area contributed by atoms with Crippen LogP contribution in [0, 0.1) is 35.0 Å². The zero-order valence-electron chi connectivity index (χ0n) is 29.9. The molecule has 2 spiro atoms. The topological polar surface area (TPSA) is 26.3 Å². The summed E-state index contributed by atoms with van der Waals surface area (Å²) in [6.45, 7) is 0. The van der Waals surface area contributed by atoms with Gasteiger partial charge in [-0.3, -0.25) is 4.79 Å². The second-order valence-electron chi connectivity index (χ2n) is 19.6. The number of carbonyl (C=O) groups is 1. The highest BCUT2D eigenvalue weighted by molar-refractivity contribution is 6.20. The monoisotopic (exact) mass is 690 g/mol. The molecule has 15 aliphatic rings. The molecular formula is C52H34O2. The van der Waals surface area contributed by atoms with Crippen LogP contribution >= 0.6 is 0 Å². The Hall–Kier alpha value is -4.95. The standard InChI is InChI=1S/C52H34O2/c1-54-31(53)8-5-19-50(20-6-3-2-4-7-20)51-29-17-18-30-28-16-14-26-24-12-10-22-21-9-11-23-25-13-15-27(29)38-36(25)41-34(23)32(21)40-33(22)35(24)42-37(26)39(28)49(52(30,50)51)47-45(42)43(40)44(41)46(47)48(38)51/h2-4,6-7,9-11,13-18,21,23,25,28,30,32,34,37,39H,5,8,12,19H2,1H3. The molecule has 254 valence electrons. The van der Waals surface area contributed by atoms with Gasteiger partial charge in [-0.2, -0.15) is 0 Å². The number of carbonyl (C=O) groups excluding carboxylic acids is 1. The smallest absolute Gasteiger partial charge is 0.305 e. The molecule has 12 atom stereocenters. The van der Waals surface area contributed by atoms with E-state index in [9.17, 15) is 4.79 Å². The Morgan fingerprint density at radius 1 is 0.778 bits per heavy atom. The quantitative estimate of drug-likeness (QED) is 0.154. The van der Waals surface area contributed by atoms with E-state index in [0.717, 1.165) is 19.3 Å². The first kappa shape index (κ1) is 26.0. The second kappa shape index (κ2) is 7.14. The molecular weight excluding hydrogens is 657 g/mol. The Morgan fingerprint density at radius 2 is 1.69 bits per heavy atom. The molecule has 0 aliphatic heterocycles. The van der Waals surface area contributed by atoms with Crippen LogP contribution in [0.25, 0.3) is 33.4 Å². The van der Waals surface area contributed by atoms with Gasteiger partial charge in [0, 0.05) is 46.3 Å². The van der Waals surface area contributed by atoms with Crippen molar-refractivity contribution in [1.29, 1.82) is 0 Å². The van der Waals surface area contributed by atoms with E-state index in [4.69, 9.17) is 4.74 Å². The SMILES string of the molecule is COC(=O)CCCC1(c2ccccc2)C23C4=C5C=CC6c7c5c2c2c5c7C7C6C=CC6C8=CCC9=C%10C=CC%11C%12C(=C2c2c-5c(c8c9c2C%10%12)C67)C13C%11C=C4. The average Bonchev–Trinajstić information content (AvgIpc) is 3.86. The van der Waals surface area contributed by atoms with E-state index in [1.807, 2.05) is 5.57 Å². The van der Waals surface area contributed by atoms with Gasteiger partial charge in [-0.05, 0) is 160 Å². The number of ether oxygens (including phenoxy) is 1. The molecule has 2 heteroatoms. The van der Waals surface area contributed by atoms with Gasteiger partial charge in [0.25, 0.3) is 0 Å². The van der Waals surface area contributed by atoms with Crippen LogP contribution in [0.2, 0.25) is 0 Å². The summed E-state index contributed by atoms with van der Waals surface area (Å²) in [5.74, 6) is 4.41. The number of hydrogen-bond donors (Lipinski definition) is 0. The lowest BCUT2D eigenvalue weighted by Crippen LogP contribution is -2.32. The summed E-state index contributed by atoms with van der Waals surface area (Å²) in [4.78, 5) is 13.0. The molecule has 0 radical (unpaired) electrons. The molecule has 3 aromatic carbocycles. The normalized spacial score (nSPS) is 42.8. The van der Waals surface area contributed by atoms with Crippen molar-refractivity contribution in [3.63, 3.8) is 0 Å². The van der Waals surface area contributed by atoms with Crippen molar-refractivity contribution < 1.29 is 9.53 Å². The lowest BCUT2D eigenvalue weighted by atomic mass is 9.61. The molecule has 18 rings (SSSR count). The third kappa shape index (κ3) is 1.85. The Kier molecular flexibility index (Phi) is 3.43. The summed E-state index contributed by atoms with van der Waals surface area (Å²) in [5.41, 5.74) is 33.6. The maximum atomic E-state index is 13.0. The van der Waals surface area contributed by atoms with Crippen LogP contribution in [0.3, 0.4) is 0 Å². The summed E-state index contributed by atoms with van der Waals surface area (Å²) in [6.07, 6.45) is 27.6. The fourth-order valence-corrected chi connectivity index (χ4v) is 18.9. The third-order valence-corrected chi connectivity index (χ3v) is 19.3. The van der Waals surface area contributed by atoms with E-state index in [1.165, 1.54) is 5.56 Å². The number of hydrogen-bond acceptors (Lipinski definition) is 2. The van der Waals surface area contributed by atoms with Gasteiger partial charge in [0.05, 0.1) is 7.11 Å². The largest absolute Gasteiger partial charge is 0.469 e. The van der Waals surface area contributed by atoms with Gasteiger partial charge >= 0.3 is 5.97 Å². The third-order valence-electron chi connectivity index (χ3n) is 19.3. The Bertz CT molecular complexity index is 3000. The van der Waals surface area contributed by atoms with E-state index >= 15 is 0 Å². The van der Waals surface area contributed by atoms with Crippen molar-refractivity contribution in [2.45, 2.75) is 60.2 Å². The molecule has 0 amide bonds. The summed E-state index contributed by atoms with van der Waals surface area (Å²) in [6, 6.07) is 11.8. The van der Waals surface area contributed by atoms with Crippen LogP contribution in [0.15, 0.2) is 102 Å². The highest BCUT2D eigenvalue weighted by Crippen LogP contribution is 2.99. The van der Waals surface area contributed by atoms with Crippen molar-refractivity contribution in [2.24, 2.45) is 35.0 Å². The van der Waals surface area contributed by atoms with Crippen molar-refractivity contribution in [2.75, 3.05) is 7.11 Å². The number of methoxy groups -OCH3 is 1. The van der Waals surface area contributed by atoms with Crippen LogP contribution < -0.4 is 0 Å². The lowest BCUT2D eigenvalue weighted by Gasteiger charge is -2.41. The predicted molar refractivity (Wildman–Crippen MR) is 207 cm³/mol. The fourth-order valence-electron chi connectivity index (χ4n) is 18.9. The minimum absolute atomic E-state index is 0.0517. The number of esters is 1. The number of allylic oxidation sites excluding steroid dienone is 15. The zero-order valence-corrected chi connectivity index (χ0v) is 29.9. The van der Waals surface area contributed by atoms with Crippen molar-refractivity contribution in [1.82, 2.24) is 0 Å². The van der Waals surface area contributed by atoms with E-state index in [2.05, 4.69) is 85.0 Å². The Balaban J connectivity index is 1.11. The second-order valence-corrected chi connectivity index (χ2v) is 19.6. The first-order valence-corrected chi connectivity index (χ1v) is 21.0. The van der Waals surface area contributed by atoms with Gasteiger partial charge < -0.3 is 4.74 Å². The molecule has 0 aromatic heterocycles. The molecule has 12 unspecified atom stereocenters. The van der Waals surface area contributed by atoms with E-state index < -0.39 is 0 Å². The molecule has 0 bridgehead atoms. The molecule has 0 N–H and O–H groups in total. The van der Waals surface area contributed by atoms with Gasteiger partial charge in [-0.15, -0.1) is 0 Å².